The van der Waals surface area contributed by atoms with E-state index in [0.29, 0.717) is 5.56 Å². The van der Waals surface area contributed by atoms with Gasteiger partial charge in [0.05, 0.1) is 4.90 Å². The Morgan fingerprint density at radius 2 is 0.930 bits per heavy atom. The second-order valence-corrected chi connectivity index (χ2v) is 12.8. The molecule has 0 saturated heterocycles. The molecular weight excluding hydrogens is 552 g/mol. The lowest BCUT2D eigenvalue weighted by Crippen LogP contribution is -2.13. The summed E-state index contributed by atoms with van der Waals surface area (Å²) in [5, 5.41) is 7.14. The van der Waals surface area contributed by atoms with E-state index in [1.165, 1.54) is 6.07 Å². The van der Waals surface area contributed by atoms with Crippen molar-refractivity contribution < 1.29 is 13.0 Å². The van der Waals surface area contributed by atoms with Crippen LogP contribution in [0.1, 0.15) is 56.0 Å². The highest BCUT2D eigenvalue weighted by atomic mass is 32.2. The molecule has 43 heavy (non-hydrogen) atoms. The Balaban J connectivity index is 1.62. The molecule has 0 spiro atoms. The predicted octanol–water partition coefficient (Wildman–Crippen LogP) is 9.45. The number of rotatable bonds is 8. The summed E-state index contributed by atoms with van der Waals surface area (Å²) in [6.07, 6.45) is 0. The molecule has 6 heteroatoms. The van der Waals surface area contributed by atoms with Crippen LogP contribution in [0.3, 0.4) is 0 Å². The van der Waals surface area contributed by atoms with Crippen molar-refractivity contribution in [1.82, 2.24) is 0 Å². The van der Waals surface area contributed by atoms with Crippen LogP contribution in [0.15, 0.2) is 102 Å². The normalized spacial score (nSPS) is 11.5. The maximum Gasteiger partial charge on any atom is 0.294 e. The van der Waals surface area contributed by atoms with Crippen molar-refractivity contribution in [2.24, 2.45) is 0 Å². The number of para-hydroxylation sites is 2. The van der Waals surface area contributed by atoms with Crippen molar-refractivity contribution in [3.63, 3.8) is 0 Å². The van der Waals surface area contributed by atoms with Gasteiger partial charge in [-0.05, 0) is 122 Å². The van der Waals surface area contributed by atoms with Gasteiger partial charge in [-0.3, -0.25) is 4.55 Å². The number of hydrogen-bond acceptors (Lipinski definition) is 4. The molecule has 3 N–H and O–H groups in total. The van der Waals surface area contributed by atoms with Gasteiger partial charge in [0.25, 0.3) is 10.1 Å². The summed E-state index contributed by atoms with van der Waals surface area (Å²) < 4.78 is 35.4. The molecule has 0 fully saturated rings. The van der Waals surface area contributed by atoms with Crippen LogP contribution < -0.4 is 10.6 Å². The van der Waals surface area contributed by atoms with E-state index >= 15 is 0 Å². The molecule has 5 aromatic rings. The fraction of sp³-hybridized carbons (Fsp3) is 0.189. The Morgan fingerprint density at radius 3 is 1.33 bits per heavy atom. The zero-order valence-electron chi connectivity index (χ0n) is 25.5. The minimum absolute atomic E-state index is 0.0886. The first-order chi connectivity index (χ1) is 20.4. The van der Waals surface area contributed by atoms with Crippen LogP contribution in [0.2, 0.25) is 0 Å². The molecule has 5 aromatic carbocycles. The Bertz CT molecular complexity index is 1790. The monoisotopic (exact) mass is 590 g/mol. The van der Waals surface area contributed by atoms with Gasteiger partial charge >= 0.3 is 0 Å². The van der Waals surface area contributed by atoms with Crippen LogP contribution in [0.4, 0.5) is 22.7 Å². The van der Waals surface area contributed by atoms with Crippen LogP contribution in [0.25, 0.3) is 0 Å². The molecule has 0 aliphatic rings. The van der Waals surface area contributed by atoms with E-state index in [0.717, 1.165) is 67.3 Å². The molecule has 0 bridgehead atoms. The summed E-state index contributed by atoms with van der Waals surface area (Å²) >= 11 is 0. The Morgan fingerprint density at radius 1 is 0.512 bits per heavy atom. The molecule has 0 aliphatic carbocycles. The van der Waals surface area contributed by atoms with Gasteiger partial charge in [0, 0.05) is 28.7 Å². The summed E-state index contributed by atoms with van der Waals surface area (Å²) in [5.41, 5.74) is 13.1. The Kier molecular flexibility index (Phi) is 8.45. The maximum atomic E-state index is 12.6. The van der Waals surface area contributed by atoms with E-state index in [2.05, 4.69) is 86.9 Å². The smallest absolute Gasteiger partial charge is 0.294 e. The molecule has 5 rings (SSSR count). The van der Waals surface area contributed by atoms with E-state index in [-0.39, 0.29) is 4.90 Å². The predicted molar refractivity (Wildman–Crippen MR) is 178 cm³/mol. The third-order valence-corrected chi connectivity index (χ3v) is 9.10. The average Bonchev–Trinajstić information content (AvgIpc) is 2.95. The zero-order chi connectivity index (χ0) is 30.9. The van der Waals surface area contributed by atoms with Crippen molar-refractivity contribution in [2.45, 2.75) is 52.4 Å². The number of hydrogen-bond donors (Lipinski definition) is 3. The molecular formula is C37H38N2O3S. The van der Waals surface area contributed by atoms with Crippen LogP contribution >= 0.6 is 0 Å². The first-order valence-electron chi connectivity index (χ1n) is 14.4. The SMILES string of the molecule is Cc1cc(Nc2c(C)cccc2C)ccc1C(c1ccc(Nc2c(C)cccc2C)cc1C)c1ccccc1S(=O)(=O)O. The quantitative estimate of drug-likeness (QED) is 0.124. The van der Waals surface area contributed by atoms with Crippen LogP contribution in [0.5, 0.6) is 0 Å². The third-order valence-electron chi connectivity index (χ3n) is 8.17. The van der Waals surface area contributed by atoms with E-state index in [9.17, 15) is 13.0 Å². The first-order valence-corrected chi connectivity index (χ1v) is 15.8. The van der Waals surface area contributed by atoms with E-state index in [1.807, 2.05) is 44.2 Å². The van der Waals surface area contributed by atoms with Crippen LogP contribution in [0, 0.1) is 41.5 Å². The van der Waals surface area contributed by atoms with Gasteiger partial charge in [0.15, 0.2) is 0 Å². The topological polar surface area (TPSA) is 78.4 Å². The van der Waals surface area contributed by atoms with Crippen LogP contribution in [-0.4, -0.2) is 13.0 Å². The van der Waals surface area contributed by atoms with Gasteiger partial charge in [0.2, 0.25) is 0 Å². The summed E-state index contributed by atoms with van der Waals surface area (Å²) in [5.74, 6) is -0.429. The largest absolute Gasteiger partial charge is 0.355 e. The molecule has 0 unspecified atom stereocenters. The lowest BCUT2D eigenvalue weighted by atomic mass is 9.81. The van der Waals surface area contributed by atoms with Crippen molar-refractivity contribution in [1.29, 1.82) is 0 Å². The van der Waals surface area contributed by atoms with E-state index in [4.69, 9.17) is 0 Å². The summed E-state index contributed by atoms with van der Waals surface area (Å²) in [6.45, 7) is 12.4. The molecule has 0 radical (unpaired) electrons. The van der Waals surface area contributed by atoms with Crippen molar-refractivity contribution in [2.75, 3.05) is 10.6 Å². The molecule has 0 aromatic heterocycles. The minimum Gasteiger partial charge on any atom is -0.355 e. The minimum atomic E-state index is -4.46. The Hall–Kier alpha value is -4.39. The number of benzene rings is 5. The van der Waals surface area contributed by atoms with Gasteiger partial charge in [-0.2, -0.15) is 8.42 Å². The summed E-state index contributed by atoms with van der Waals surface area (Å²) in [7, 11) is -4.46. The lowest BCUT2D eigenvalue weighted by molar-refractivity contribution is 0.482. The first kappa shape index (κ1) is 30.1. The molecule has 0 saturated carbocycles. The molecule has 0 amide bonds. The van der Waals surface area contributed by atoms with Crippen LogP contribution in [-0.2, 0) is 10.1 Å². The number of anilines is 4. The molecule has 0 heterocycles. The van der Waals surface area contributed by atoms with E-state index < -0.39 is 16.0 Å². The van der Waals surface area contributed by atoms with Crippen molar-refractivity contribution in [3.05, 3.63) is 147 Å². The van der Waals surface area contributed by atoms with Gasteiger partial charge in [-0.25, -0.2) is 0 Å². The highest BCUT2D eigenvalue weighted by Gasteiger charge is 2.27. The van der Waals surface area contributed by atoms with Gasteiger partial charge in [0.1, 0.15) is 0 Å². The molecule has 220 valence electrons. The van der Waals surface area contributed by atoms with Crippen molar-refractivity contribution >= 4 is 32.9 Å². The molecule has 0 atom stereocenters. The molecule has 5 nitrogen and oxygen atoms in total. The third kappa shape index (κ3) is 6.36. The number of nitrogens with one attached hydrogen (secondary N) is 2. The number of aryl methyl sites for hydroxylation is 6. The lowest BCUT2D eigenvalue weighted by Gasteiger charge is -2.25. The fourth-order valence-electron chi connectivity index (χ4n) is 5.92. The average molecular weight is 591 g/mol. The van der Waals surface area contributed by atoms with Gasteiger partial charge in [-0.15, -0.1) is 0 Å². The summed E-state index contributed by atoms with van der Waals surface area (Å²) in [4.78, 5) is -0.0886. The zero-order valence-corrected chi connectivity index (χ0v) is 26.3. The van der Waals surface area contributed by atoms with Gasteiger partial charge < -0.3 is 10.6 Å². The fourth-order valence-corrected chi connectivity index (χ4v) is 6.66. The molecule has 0 aliphatic heterocycles. The second-order valence-electron chi connectivity index (χ2n) is 11.4. The van der Waals surface area contributed by atoms with Gasteiger partial charge in [-0.1, -0.05) is 66.7 Å². The highest BCUT2D eigenvalue weighted by Crippen LogP contribution is 2.40. The Labute approximate surface area is 255 Å². The van der Waals surface area contributed by atoms with Crippen molar-refractivity contribution in [3.8, 4) is 0 Å². The second kappa shape index (κ2) is 12.1. The standard InChI is InChI=1S/C37H38N2O3S/c1-23-11-9-12-24(2)36(23)38-29-17-19-31(27(5)21-29)35(33-15-7-8-16-34(33)43(40,41)42)32-20-18-30(22-28(32)6)39-37-25(3)13-10-14-26(37)4/h7-22,35,38-39H,1-6H3,(H,40,41,42). The highest BCUT2D eigenvalue weighted by molar-refractivity contribution is 7.85. The maximum absolute atomic E-state index is 12.6. The summed E-state index contributed by atoms with van der Waals surface area (Å²) in [6, 6.07) is 31.5. The van der Waals surface area contributed by atoms with E-state index in [1.54, 1.807) is 12.1 Å².